The third-order valence-electron chi connectivity index (χ3n) is 5.69. The van der Waals surface area contributed by atoms with Crippen molar-refractivity contribution in [3.05, 3.63) is 0 Å². The predicted octanol–water partition coefficient (Wildman–Crippen LogP) is 6.28. The van der Waals surface area contributed by atoms with E-state index in [0.717, 1.165) is 19.3 Å². The van der Waals surface area contributed by atoms with Crippen LogP contribution < -0.4 is 5.73 Å². The van der Waals surface area contributed by atoms with Crippen molar-refractivity contribution in [3.63, 3.8) is 0 Å². The Balaban J connectivity index is 3.44. The van der Waals surface area contributed by atoms with Gasteiger partial charge in [0.05, 0.1) is 0 Å². The van der Waals surface area contributed by atoms with Gasteiger partial charge in [-0.1, -0.05) is 110 Å². The van der Waals surface area contributed by atoms with E-state index in [9.17, 15) is 14.7 Å². The number of hydrogen-bond donors (Lipinski definition) is 3. The van der Waals surface area contributed by atoms with Crippen molar-refractivity contribution in [1.82, 2.24) is 0 Å². The van der Waals surface area contributed by atoms with Gasteiger partial charge in [-0.25, -0.2) is 0 Å². The molecule has 0 bridgehead atoms. The van der Waals surface area contributed by atoms with E-state index in [1.807, 2.05) is 0 Å². The first-order valence-electron chi connectivity index (χ1n) is 11.7. The lowest BCUT2D eigenvalue weighted by molar-refractivity contribution is -0.145. The highest BCUT2D eigenvalue weighted by Gasteiger charge is 2.33. The number of nitrogens with two attached hydrogens (primary N) is 1. The first-order valence-corrected chi connectivity index (χ1v) is 11.7. The summed E-state index contributed by atoms with van der Waals surface area (Å²) >= 11 is 0. The Hall–Kier alpha value is -1.10. The van der Waals surface area contributed by atoms with Gasteiger partial charge in [-0.2, -0.15) is 0 Å². The Kier molecular flexibility index (Phi) is 17.3. The van der Waals surface area contributed by atoms with E-state index in [4.69, 9.17) is 10.8 Å². The van der Waals surface area contributed by atoms with Gasteiger partial charge in [0.1, 0.15) is 5.54 Å². The maximum Gasteiger partial charge on any atom is 0.323 e. The topological polar surface area (TPSA) is 101 Å². The van der Waals surface area contributed by atoms with Crippen LogP contribution >= 0.6 is 0 Å². The molecule has 166 valence electrons. The van der Waals surface area contributed by atoms with Crippen molar-refractivity contribution < 1.29 is 19.8 Å². The summed E-state index contributed by atoms with van der Waals surface area (Å²) in [7, 11) is 0. The lowest BCUT2D eigenvalue weighted by atomic mass is 9.88. The van der Waals surface area contributed by atoms with E-state index in [2.05, 4.69) is 6.92 Å². The molecule has 0 aliphatic rings. The van der Waals surface area contributed by atoms with Gasteiger partial charge < -0.3 is 15.9 Å². The molecule has 0 saturated heterocycles. The van der Waals surface area contributed by atoms with Crippen LogP contribution in [0.15, 0.2) is 0 Å². The van der Waals surface area contributed by atoms with Gasteiger partial charge in [0.15, 0.2) is 0 Å². The normalized spacial score (nSPS) is 13.4. The van der Waals surface area contributed by atoms with Gasteiger partial charge in [0, 0.05) is 6.42 Å². The van der Waals surface area contributed by atoms with Crippen LogP contribution in [0.2, 0.25) is 0 Å². The molecule has 0 unspecified atom stereocenters. The zero-order valence-corrected chi connectivity index (χ0v) is 18.2. The fraction of sp³-hybridized carbons (Fsp3) is 0.913. The van der Waals surface area contributed by atoms with Gasteiger partial charge >= 0.3 is 11.9 Å². The molecule has 0 aliphatic carbocycles. The molecule has 28 heavy (non-hydrogen) atoms. The monoisotopic (exact) mass is 399 g/mol. The number of rotatable bonds is 21. The highest BCUT2D eigenvalue weighted by molar-refractivity contribution is 5.79. The van der Waals surface area contributed by atoms with Crippen LogP contribution in [0.4, 0.5) is 0 Å². The molecular weight excluding hydrogens is 354 g/mol. The van der Waals surface area contributed by atoms with Crippen LogP contribution in [0.3, 0.4) is 0 Å². The summed E-state index contributed by atoms with van der Waals surface area (Å²) in [5.41, 5.74) is 4.49. The molecule has 0 amide bonds. The SMILES string of the molecule is CCCCCCCCCCCCCCCCCC[C@@](N)(CCC(=O)O)C(=O)O. The lowest BCUT2D eigenvalue weighted by Crippen LogP contribution is -2.48. The predicted molar refractivity (Wildman–Crippen MR) is 116 cm³/mol. The quantitative estimate of drug-likeness (QED) is 0.197. The van der Waals surface area contributed by atoms with Crippen LogP contribution in [0.1, 0.15) is 129 Å². The summed E-state index contributed by atoms with van der Waals surface area (Å²) < 4.78 is 0. The molecule has 0 heterocycles. The molecule has 0 aromatic rings. The second-order valence-electron chi connectivity index (χ2n) is 8.41. The number of carboxylic acid groups (broad SMARTS) is 2. The largest absolute Gasteiger partial charge is 0.481 e. The molecule has 4 N–H and O–H groups in total. The average Bonchev–Trinajstić information content (AvgIpc) is 2.66. The van der Waals surface area contributed by atoms with Crippen LogP contribution in [0, 0.1) is 0 Å². The summed E-state index contributed by atoms with van der Waals surface area (Å²) in [6.07, 6.45) is 20.5. The summed E-state index contributed by atoms with van der Waals surface area (Å²) in [6, 6.07) is 0. The second-order valence-corrected chi connectivity index (χ2v) is 8.41. The third kappa shape index (κ3) is 15.9. The molecule has 0 fully saturated rings. The molecule has 0 aliphatic heterocycles. The van der Waals surface area contributed by atoms with Crippen LogP contribution in [0.5, 0.6) is 0 Å². The fourth-order valence-electron chi connectivity index (χ4n) is 3.66. The number of carbonyl (C=O) groups is 2. The molecule has 0 saturated carbocycles. The molecule has 1 atom stereocenters. The fourth-order valence-corrected chi connectivity index (χ4v) is 3.66. The van der Waals surface area contributed by atoms with Crippen molar-refractivity contribution in [2.45, 2.75) is 134 Å². The molecule has 0 spiro atoms. The smallest absolute Gasteiger partial charge is 0.323 e. The maximum atomic E-state index is 11.3. The third-order valence-corrected chi connectivity index (χ3v) is 5.69. The highest BCUT2D eigenvalue weighted by atomic mass is 16.4. The molecular formula is C23H45NO4. The van der Waals surface area contributed by atoms with Crippen LogP contribution in [-0.4, -0.2) is 27.7 Å². The molecule has 0 aromatic heterocycles. The van der Waals surface area contributed by atoms with Crippen molar-refractivity contribution in [1.29, 1.82) is 0 Å². The van der Waals surface area contributed by atoms with Gasteiger partial charge in [-0.15, -0.1) is 0 Å². The summed E-state index contributed by atoms with van der Waals surface area (Å²) in [6.45, 7) is 2.26. The van der Waals surface area contributed by atoms with E-state index < -0.39 is 17.5 Å². The van der Waals surface area contributed by atoms with E-state index in [-0.39, 0.29) is 12.8 Å². The minimum absolute atomic E-state index is 0.00356. The van der Waals surface area contributed by atoms with Gasteiger partial charge in [-0.3, -0.25) is 9.59 Å². The van der Waals surface area contributed by atoms with Crippen molar-refractivity contribution in [2.75, 3.05) is 0 Å². The lowest BCUT2D eigenvalue weighted by Gasteiger charge is -2.23. The zero-order chi connectivity index (χ0) is 21.1. The zero-order valence-electron chi connectivity index (χ0n) is 18.2. The van der Waals surface area contributed by atoms with Crippen molar-refractivity contribution in [2.24, 2.45) is 5.73 Å². The Bertz CT molecular complexity index is 400. The van der Waals surface area contributed by atoms with E-state index in [1.54, 1.807) is 0 Å². The van der Waals surface area contributed by atoms with Gasteiger partial charge in [0.2, 0.25) is 0 Å². The van der Waals surface area contributed by atoms with Crippen LogP contribution in [-0.2, 0) is 9.59 Å². The maximum absolute atomic E-state index is 11.3. The highest BCUT2D eigenvalue weighted by Crippen LogP contribution is 2.20. The van der Waals surface area contributed by atoms with E-state index >= 15 is 0 Å². The van der Waals surface area contributed by atoms with E-state index in [0.29, 0.717) is 6.42 Å². The number of hydrogen-bond acceptors (Lipinski definition) is 3. The average molecular weight is 400 g/mol. The first kappa shape index (κ1) is 26.9. The number of carboxylic acids is 2. The minimum Gasteiger partial charge on any atom is -0.481 e. The molecule has 0 aromatic carbocycles. The molecule has 5 heteroatoms. The summed E-state index contributed by atoms with van der Waals surface area (Å²) in [5.74, 6) is -2.09. The van der Waals surface area contributed by atoms with E-state index in [1.165, 1.54) is 83.5 Å². The minimum atomic E-state index is -1.39. The van der Waals surface area contributed by atoms with Gasteiger partial charge in [-0.05, 0) is 12.8 Å². The Morgan fingerprint density at radius 1 is 0.643 bits per heavy atom. The second kappa shape index (κ2) is 18.0. The van der Waals surface area contributed by atoms with Crippen molar-refractivity contribution >= 4 is 11.9 Å². The molecule has 5 nitrogen and oxygen atoms in total. The standard InChI is InChI=1S/C23H45NO4/c1-2-3-4-5-6-7-8-9-10-11-12-13-14-15-16-17-19-23(24,22(27)28)20-18-21(25)26/h2-20,24H2,1H3,(H,25,26)(H,27,28)/t23-/m1/s1. The Labute approximate surface area is 172 Å². The first-order chi connectivity index (χ1) is 13.4. The number of aliphatic carboxylic acids is 2. The molecule has 0 rings (SSSR count). The summed E-state index contributed by atoms with van der Waals surface area (Å²) in [5, 5.41) is 18.0. The van der Waals surface area contributed by atoms with Crippen molar-refractivity contribution in [3.8, 4) is 0 Å². The summed E-state index contributed by atoms with van der Waals surface area (Å²) in [4.78, 5) is 22.0. The van der Waals surface area contributed by atoms with Gasteiger partial charge in [0.25, 0.3) is 0 Å². The van der Waals surface area contributed by atoms with Crippen LogP contribution in [0.25, 0.3) is 0 Å². The Morgan fingerprint density at radius 3 is 1.32 bits per heavy atom. The molecule has 0 radical (unpaired) electrons. The Morgan fingerprint density at radius 2 is 1.00 bits per heavy atom. The number of unbranched alkanes of at least 4 members (excludes halogenated alkanes) is 15.